The van der Waals surface area contributed by atoms with Crippen LogP contribution in [0.15, 0.2) is 24.3 Å². The molecule has 158 valence electrons. The van der Waals surface area contributed by atoms with Gasteiger partial charge in [-0.25, -0.2) is 4.79 Å². The minimum absolute atomic E-state index is 0.171. The topological polar surface area (TPSA) is 44.8 Å². The van der Waals surface area contributed by atoms with Crippen molar-refractivity contribution >= 4 is 13.1 Å². The largest absolute Gasteiger partial charge is 0.461 e. The van der Waals surface area contributed by atoms with E-state index in [-0.39, 0.29) is 30.6 Å². The highest BCUT2D eigenvalue weighted by Gasteiger charge is 2.68. The molecule has 4 fully saturated rings. The van der Waals surface area contributed by atoms with Gasteiger partial charge in [0.05, 0.1) is 17.3 Å². The number of hydrogen-bond donors (Lipinski definition) is 0. The summed E-state index contributed by atoms with van der Waals surface area (Å²) in [4.78, 5) is 12.4. The first-order valence-corrected chi connectivity index (χ1v) is 11.1. The summed E-state index contributed by atoms with van der Waals surface area (Å²) >= 11 is 0. The first-order valence-electron chi connectivity index (χ1n) is 11.1. The average Bonchev–Trinajstić information content (AvgIpc) is 2.97. The van der Waals surface area contributed by atoms with Crippen molar-refractivity contribution in [3.8, 4) is 0 Å². The molecule has 5 heteroatoms. The fourth-order valence-corrected chi connectivity index (χ4v) is 5.77. The van der Waals surface area contributed by atoms with Crippen LogP contribution in [0.5, 0.6) is 0 Å². The van der Waals surface area contributed by atoms with E-state index in [1.54, 1.807) is 0 Å². The summed E-state index contributed by atoms with van der Waals surface area (Å²) < 4.78 is 18.5. The van der Waals surface area contributed by atoms with Gasteiger partial charge in [-0.1, -0.05) is 32.9 Å². The quantitative estimate of drug-likeness (QED) is 0.510. The summed E-state index contributed by atoms with van der Waals surface area (Å²) in [6.45, 7) is 14.9. The number of ether oxygens (including phenoxy) is 1. The van der Waals surface area contributed by atoms with E-state index in [0.717, 1.165) is 24.3 Å². The van der Waals surface area contributed by atoms with Crippen LogP contribution in [0.1, 0.15) is 77.2 Å². The summed E-state index contributed by atoms with van der Waals surface area (Å²) in [7, 11) is -0.190. The van der Waals surface area contributed by atoms with Crippen molar-refractivity contribution in [1.29, 1.82) is 0 Å². The molecule has 0 radical (unpaired) electrons. The van der Waals surface area contributed by atoms with Gasteiger partial charge in [-0.2, -0.15) is 0 Å². The van der Waals surface area contributed by atoms with Gasteiger partial charge in [-0.05, 0) is 87.7 Å². The van der Waals surface area contributed by atoms with E-state index in [2.05, 4.69) is 33.8 Å². The van der Waals surface area contributed by atoms with Gasteiger partial charge in [0, 0.05) is 0 Å². The van der Waals surface area contributed by atoms with Crippen LogP contribution >= 0.6 is 0 Å². The Morgan fingerprint density at radius 2 is 2.00 bits per heavy atom. The zero-order valence-corrected chi connectivity index (χ0v) is 19.0. The molecule has 5 rings (SSSR count). The minimum Gasteiger partial charge on any atom is -0.456 e. The van der Waals surface area contributed by atoms with Gasteiger partial charge in [0.15, 0.2) is 0 Å². The van der Waals surface area contributed by atoms with Crippen LogP contribution in [0.25, 0.3) is 0 Å². The van der Waals surface area contributed by atoms with E-state index in [4.69, 9.17) is 14.0 Å². The molecule has 3 saturated carbocycles. The second kappa shape index (κ2) is 6.85. The van der Waals surface area contributed by atoms with E-state index >= 15 is 0 Å². The molecule has 1 aromatic rings. The van der Waals surface area contributed by atoms with Crippen LogP contribution in [-0.2, 0) is 20.5 Å². The van der Waals surface area contributed by atoms with Crippen LogP contribution in [-0.4, -0.2) is 30.4 Å². The maximum Gasteiger partial charge on any atom is 0.461 e. The van der Waals surface area contributed by atoms with Gasteiger partial charge in [0.1, 0.15) is 5.60 Å². The molecule has 1 heterocycles. The Balaban J connectivity index is 1.43. The monoisotopic (exact) mass is 398 g/mol. The minimum atomic E-state index is -0.494. The molecule has 0 spiro atoms. The third-order valence-corrected chi connectivity index (χ3v) is 7.55. The van der Waals surface area contributed by atoms with Gasteiger partial charge in [-0.15, -0.1) is 0 Å². The zero-order valence-electron chi connectivity index (χ0n) is 19.0. The molecule has 5 atom stereocenters. The van der Waals surface area contributed by atoms with Gasteiger partial charge in [-0.3, -0.25) is 0 Å². The Labute approximate surface area is 175 Å². The second-order valence-electron chi connectivity index (χ2n) is 11.2. The summed E-state index contributed by atoms with van der Waals surface area (Å²) in [6.07, 6.45) is 3.39. The molecular weight excluding hydrogens is 363 g/mol. The van der Waals surface area contributed by atoms with Crippen LogP contribution < -0.4 is 0 Å². The van der Waals surface area contributed by atoms with Crippen LogP contribution in [0.4, 0.5) is 0 Å². The van der Waals surface area contributed by atoms with E-state index in [9.17, 15) is 4.79 Å². The molecular formula is C24H35BO4. The smallest absolute Gasteiger partial charge is 0.456 e. The third kappa shape index (κ3) is 3.65. The van der Waals surface area contributed by atoms with E-state index in [1.807, 2.05) is 39.0 Å². The lowest BCUT2D eigenvalue weighted by Crippen LogP contribution is -2.65. The summed E-state index contributed by atoms with van der Waals surface area (Å²) in [6, 6.07) is 7.74. The van der Waals surface area contributed by atoms with E-state index in [1.165, 1.54) is 6.42 Å². The molecule has 2 bridgehead atoms. The number of esters is 1. The molecule has 0 aromatic heterocycles. The molecule has 4 nitrogen and oxygen atoms in total. The van der Waals surface area contributed by atoms with Crippen LogP contribution in [0.3, 0.4) is 0 Å². The molecule has 0 N–H and O–H groups in total. The van der Waals surface area contributed by atoms with Crippen LogP contribution in [0, 0.1) is 17.3 Å². The Morgan fingerprint density at radius 1 is 1.28 bits per heavy atom. The maximum atomic E-state index is 12.4. The molecule has 29 heavy (non-hydrogen) atoms. The fraction of sp³-hybridized carbons (Fsp3) is 0.708. The lowest BCUT2D eigenvalue weighted by atomic mass is 9.43. The van der Waals surface area contributed by atoms with Crippen molar-refractivity contribution in [1.82, 2.24) is 0 Å². The first kappa shape index (κ1) is 20.9. The highest BCUT2D eigenvalue weighted by atomic mass is 16.7. The lowest BCUT2D eigenvalue weighted by Gasteiger charge is -2.64. The zero-order chi connectivity index (χ0) is 21.2. The van der Waals surface area contributed by atoms with Gasteiger partial charge >= 0.3 is 13.1 Å². The first-order chi connectivity index (χ1) is 13.4. The van der Waals surface area contributed by atoms with Crippen molar-refractivity contribution in [3.05, 3.63) is 35.4 Å². The molecule has 3 aliphatic carbocycles. The Morgan fingerprint density at radius 3 is 2.66 bits per heavy atom. The molecule has 4 aliphatic rings. The molecule has 1 aromatic carbocycles. The number of carbonyl (C=O) groups excluding carboxylic acids is 1. The SMILES string of the molecule is C[C@H](Cc1cccc(C(=O)OC(C)(C)C)c1)B1O[C@@H]2C[C@@H]3C[C@@H](C3(C)C)[C@]2(C)O1. The molecule has 1 saturated heterocycles. The predicted molar refractivity (Wildman–Crippen MR) is 115 cm³/mol. The van der Waals surface area contributed by atoms with Gasteiger partial charge < -0.3 is 14.0 Å². The normalized spacial score (nSPS) is 33.6. The van der Waals surface area contributed by atoms with Crippen molar-refractivity contribution < 1.29 is 18.8 Å². The Kier molecular flexibility index (Phi) is 4.94. The highest BCUT2D eigenvalue weighted by molar-refractivity contribution is 6.47. The highest BCUT2D eigenvalue weighted by Crippen LogP contribution is 2.66. The number of rotatable bonds is 4. The summed E-state index contributed by atoms with van der Waals surface area (Å²) in [5, 5.41) is 0. The second-order valence-corrected chi connectivity index (χ2v) is 11.2. The van der Waals surface area contributed by atoms with E-state index < -0.39 is 5.60 Å². The molecule has 0 unspecified atom stereocenters. The average molecular weight is 398 g/mol. The lowest BCUT2D eigenvalue weighted by molar-refractivity contribution is -0.199. The Bertz CT molecular complexity index is 798. The molecule has 0 amide bonds. The predicted octanol–water partition coefficient (Wildman–Crippen LogP) is 5.30. The maximum absolute atomic E-state index is 12.4. The van der Waals surface area contributed by atoms with Crippen molar-refractivity contribution in [2.45, 2.75) is 90.9 Å². The number of hydrogen-bond acceptors (Lipinski definition) is 4. The van der Waals surface area contributed by atoms with Gasteiger partial charge in [0.25, 0.3) is 0 Å². The number of carbonyl (C=O) groups is 1. The fourth-order valence-electron chi connectivity index (χ4n) is 5.77. The number of benzene rings is 1. The van der Waals surface area contributed by atoms with Crippen molar-refractivity contribution in [2.24, 2.45) is 17.3 Å². The van der Waals surface area contributed by atoms with E-state index in [0.29, 0.717) is 16.9 Å². The van der Waals surface area contributed by atoms with Crippen molar-refractivity contribution in [3.63, 3.8) is 0 Å². The standard InChI is InChI=1S/C24H35BO4/c1-15(11-16-9-8-10-17(12-16)21(26)27-22(2,3)4)25-28-20-14-18-13-19(23(18,5)6)24(20,7)29-25/h8-10,12,15,18-20H,11,13-14H2,1-7H3/t15-,18+,19+,20-,24+/m1/s1. The molecule has 1 aliphatic heterocycles. The Hall–Kier alpha value is -1.33. The van der Waals surface area contributed by atoms with Crippen LogP contribution in [0.2, 0.25) is 5.82 Å². The summed E-state index contributed by atoms with van der Waals surface area (Å²) in [5.41, 5.74) is 1.40. The summed E-state index contributed by atoms with van der Waals surface area (Å²) in [5.74, 6) is 1.27. The van der Waals surface area contributed by atoms with Crippen molar-refractivity contribution in [2.75, 3.05) is 0 Å². The third-order valence-electron chi connectivity index (χ3n) is 7.55. The van der Waals surface area contributed by atoms with Gasteiger partial charge in [0.2, 0.25) is 0 Å².